The number of benzene rings is 2. The Morgan fingerprint density at radius 2 is 1.45 bits per heavy atom. The topological polar surface area (TPSA) is 20.2 Å². The zero-order valence-electron chi connectivity index (χ0n) is 12.2. The normalized spacial score (nSPS) is 13.9. The lowest BCUT2D eigenvalue weighted by molar-refractivity contribution is -0.240. The second-order valence-electron chi connectivity index (χ2n) is 5.20. The zero-order chi connectivity index (χ0) is 16.4. The summed E-state index contributed by atoms with van der Waals surface area (Å²) in [4.78, 5) is 0. The van der Waals surface area contributed by atoms with E-state index in [0.717, 1.165) is 0 Å². The fourth-order valence-electron chi connectivity index (χ4n) is 2.17. The van der Waals surface area contributed by atoms with Crippen molar-refractivity contribution in [2.24, 2.45) is 0 Å². The van der Waals surface area contributed by atoms with E-state index in [1.165, 1.54) is 12.1 Å². The van der Waals surface area contributed by atoms with Gasteiger partial charge in [0.15, 0.2) is 0 Å². The molecule has 1 nitrogen and oxygen atoms in total. The van der Waals surface area contributed by atoms with Crippen LogP contribution in [-0.2, 0) is 5.60 Å². The first-order valence-electron chi connectivity index (χ1n) is 6.68. The minimum atomic E-state index is -4.89. The lowest BCUT2D eigenvalue weighted by atomic mass is 9.90. The van der Waals surface area contributed by atoms with E-state index in [1.54, 1.807) is 50.2 Å². The van der Waals surface area contributed by atoms with Crippen LogP contribution in [0.3, 0.4) is 0 Å². The van der Waals surface area contributed by atoms with Crippen LogP contribution >= 0.6 is 0 Å². The van der Waals surface area contributed by atoms with Gasteiger partial charge in [0.25, 0.3) is 0 Å². The highest BCUT2D eigenvalue weighted by atomic mass is 19.4. The third-order valence-electron chi connectivity index (χ3n) is 3.21. The minimum Gasteiger partial charge on any atom is -0.366 e. The summed E-state index contributed by atoms with van der Waals surface area (Å²) < 4.78 is 40.2. The summed E-state index contributed by atoms with van der Waals surface area (Å²) in [7, 11) is 0. The lowest BCUT2D eigenvalue weighted by Gasteiger charge is -2.26. The highest BCUT2D eigenvalue weighted by Crippen LogP contribution is 2.39. The van der Waals surface area contributed by atoms with E-state index in [2.05, 4.69) is 5.92 Å². The number of halogens is 3. The maximum atomic E-state index is 13.4. The van der Waals surface area contributed by atoms with Crippen molar-refractivity contribution in [2.75, 3.05) is 0 Å². The van der Waals surface area contributed by atoms with E-state index in [-0.39, 0.29) is 5.56 Å². The number of aryl methyl sites for hydroxylation is 2. The molecule has 0 heterocycles. The van der Waals surface area contributed by atoms with Crippen molar-refractivity contribution in [1.29, 1.82) is 0 Å². The van der Waals surface area contributed by atoms with E-state index in [1.807, 2.05) is 5.92 Å². The molecule has 2 aromatic rings. The summed E-state index contributed by atoms with van der Waals surface area (Å²) in [5.74, 6) is 4.41. The first-order chi connectivity index (χ1) is 10.2. The predicted molar refractivity (Wildman–Crippen MR) is 79.2 cm³/mol. The maximum Gasteiger partial charge on any atom is 0.433 e. The van der Waals surface area contributed by atoms with Crippen LogP contribution in [-0.4, -0.2) is 11.3 Å². The van der Waals surface area contributed by atoms with Crippen LogP contribution in [0.4, 0.5) is 13.2 Å². The van der Waals surface area contributed by atoms with E-state index in [0.29, 0.717) is 16.7 Å². The smallest absolute Gasteiger partial charge is 0.366 e. The van der Waals surface area contributed by atoms with Gasteiger partial charge in [-0.25, -0.2) is 0 Å². The van der Waals surface area contributed by atoms with Crippen molar-refractivity contribution in [2.45, 2.75) is 25.6 Å². The van der Waals surface area contributed by atoms with Crippen LogP contribution < -0.4 is 0 Å². The summed E-state index contributed by atoms with van der Waals surface area (Å²) in [5.41, 5.74) is -1.77. The molecule has 0 aromatic heterocycles. The van der Waals surface area contributed by atoms with Crippen LogP contribution in [0.15, 0.2) is 48.5 Å². The Labute approximate surface area is 127 Å². The average Bonchev–Trinajstić information content (AvgIpc) is 2.43. The van der Waals surface area contributed by atoms with E-state index in [9.17, 15) is 18.3 Å². The number of rotatable bonds is 1. The fraction of sp³-hybridized carbons (Fsp3) is 0.222. The largest absolute Gasteiger partial charge is 0.433 e. The number of hydrogen-bond donors (Lipinski definition) is 1. The van der Waals surface area contributed by atoms with Gasteiger partial charge in [-0.2, -0.15) is 13.2 Å². The molecule has 0 aliphatic rings. The molecule has 1 atom stereocenters. The second kappa shape index (κ2) is 5.86. The highest BCUT2D eigenvalue weighted by Gasteiger charge is 2.54. The quantitative estimate of drug-likeness (QED) is 0.786. The standard InChI is InChI=1S/C18H15F3O/c1-13-10-14(2)12-16(11-13)17(22,18(19,20)21)9-8-15-6-4-3-5-7-15/h3-7,10-12,22H,1-2H3. The van der Waals surface area contributed by atoms with E-state index in [4.69, 9.17) is 0 Å². The molecular weight excluding hydrogens is 289 g/mol. The van der Waals surface area contributed by atoms with Crippen molar-refractivity contribution in [3.8, 4) is 11.8 Å². The molecule has 4 heteroatoms. The average molecular weight is 304 g/mol. The van der Waals surface area contributed by atoms with Crippen LogP contribution in [0.2, 0.25) is 0 Å². The third-order valence-corrected chi connectivity index (χ3v) is 3.21. The molecule has 0 aliphatic carbocycles. The molecule has 2 rings (SSSR count). The van der Waals surface area contributed by atoms with Gasteiger partial charge in [-0.15, -0.1) is 0 Å². The molecule has 0 aliphatic heterocycles. The molecular formula is C18H15F3O. The summed E-state index contributed by atoms with van der Waals surface area (Å²) >= 11 is 0. The first-order valence-corrected chi connectivity index (χ1v) is 6.68. The molecule has 0 bridgehead atoms. The molecule has 1 N–H and O–H groups in total. The van der Waals surface area contributed by atoms with Crippen LogP contribution in [0, 0.1) is 25.7 Å². The second-order valence-corrected chi connectivity index (χ2v) is 5.20. The molecule has 0 amide bonds. The van der Waals surface area contributed by atoms with Gasteiger partial charge >= 0.3 is 6.18 Å². The van der Waals surface area contributed by atoms with Gasteiger partial charge in [-0.1, -0.05) is 53.4 Å². The van der Waals surface area contributed by atoms with Crippen LogP contribution in [0.1, 0.15) is 22.3 Å². The third kappa shape index (κ3) is 3.32. The van der Waals surface area contributed by atoms with Crippen molar-refractivity contribution < 1.29 is 18.3 Å². The highest BCUT2D eigenvalue weighted by molar-refractivity contribution is 5.43. The van der Waals surface area contributed by atoms with Crippen LogP contribution in [0.5, 0.6) is 0 Å². The van der Waals surface area contributed by atoms with Gasteiger partial charge in [0, 0.05) is 11.1 Å². The molecule has 0 spiro atoms. The van der Waals surface area contributed by atoms with Gasteiger partial charge in [0.2, 0.25) is 5.60 Å². The van der Waals surface area contributed by atoms with Gasteiger partial charge in [-0.05, 0) is 31.9 Å². The monoisotopic (exact) mass is 304 g/mol. The van der Waals surface area contributed by atoms with E-state index < -0.39 is 11.8 Å². The molecule has 0 fully saturated rings. The summed E-state index contributed by atoms with van der Waals surface area (Å²) in [6.45, 7) is 3.36. The molecule has 0 saturated heterocycles. The minimum absolute atomic E-state index is 0.263. The SMILES string of the molecule is Cc1cc(C)cc(C(O)(C#Cc2ccccc2)C(F)(F)F)c1. The van der Waals surface area contributed by atoms with Gasteiger partial charge in [-0.3, -0.25) is 0 Å². The van der Waals surface area contributed by atoms with Crippen molar-refractivity contribution in [3.05, 3.63) is 70.8 Å². The first kappa shape index (κ1) is 16.1. The Hall–Kier alpha value is -2.25. The summed E-state index contributed by atoms with van der Waals surface area (Å²) in [6, 6.07) is 12.6. The van der Waals surface area contributed by atoms with Crippen molar-refractivity contribution >= 4 is 0 Å². The number of hydrogen-bond acceptors (Lipinski definition) is 1. The molecule has 114 valence electrons. The molecule has 0 saturated carbocycles. The van der Waals surface area contributed by atoms with Crippen molar-refractivity contribution in [3.63, 3.8) is 0 Å². The van der Waals surface area contributed by atoms with Crippen LogP contribution in [0.25, 0.3) is 0 Å². The Balaban J connectivity index is 2.57. The molecule has 0 radical (unpaired) electrons. The molecule has 2 aromatic carbocycles. The Kier molecular flexibility index (Phi) is 4.30. The Morgan fingerprint density at radius 3 is 1.95 bits per heavy atom. The number of alkyl halides is 3. The fourth-order valence-corrected chi connectivity index (χ4v) is 2.17. The van der Waals surface area contributed by atoms with Gasteiger partial charge in [0.05, 0.1) is 0 Å². The Bertz CT molecular complexity index is 703. The Morgan fingerprint density at radius 1 is 0.909 bits per heavy atom. The van der Waals surface area contributed by atoms with E-state index >= 15 is 0 Å². The summed E-state index contributed by atoms with van der Waals surface area (Å²) in [5, 5.41) is 10.2. The molecule has 22 heavy (non-hydrogen) atoms. The van der Waals surface area contributed by atoms with Crippen molar-refractivity contribution in [1.82, 2.24) is 0 Å². The number of aliphatic hydroxyl groups is 1. The zero-order valence-corrected chi connectivity index (χ0v) is 12.2. The lowest BCUT2D eigenvalue weighted by Crippen LogP contribution is -2.41. The van der Waals surface area contributed by atoms with Gasteiger partial charge < -0.3 is 5.11 Å². The molecule has 1 unspecified atom stereocenters. The summed E-state index contributed by atoms with van der Waals surface area (Å²) in [6.07, 6.45) is -4.89. The predicted octanol–water partition coefficient (Wildman–Crippen LogP) is 4.11. The maximum absolute atomic E-state index is 13.4. The van der Waals surface area contributed by atoms with Gasteiger partial charge in [0.1, 0.15) is 0 Å².